The number of carbonyl (C=O) groups is 2. The lowest BCUT2D eigenvalue weighted by molar-refractivity contribution is -0.0615. The predicted octanol–water partition coefficient (Wildman–Crippen LogP) is 2.83. The van der Waals surface area contributed by atoms with Crippen molar-refractivity contribution in [2.75, 3.05) is 6.61 Å². The molecule has 2 rings (SSSR count). The van der Waals surface area contributed by atoms with E-state index in [1.807, 2.05) is 13.8 Å². The average molecular weight is 356 g/mol. The number of halogens is 1. The molecular weight excluding hydrogens is 338 g/mol. The van der Waals surface area contributed by atoms with Crippen LogP contribution in [0.25, 0.3) is 0 Å². The van der Waals surface area contributed by atoms with Crippen LogP contribution in [-0.2, 0) is 4.74 Å². The fourth-order valence-corrected chi connectivity index (χ4v) is 2.96. The van der Waals surface area contributed by atoms with Crippen molar-refractivity contribution in [2.45, 2.75) is 38.3 Å². The Morgan fingerprint density at radius 2 is 2.00 bits per heavy atom. The number of benzene rings is 1. The Labute approximate surface area is 131 Å². The summed E-state index contributed by atoms with van der Waals surface area (Å²) in [6, 6.07) is 4.50. The molecule has 1 saturated heterocycles. The first-order valence-electron chi connectivity index (χ1n) is 6.75. The number of aromatic carboxylic acids is 1. The van der Waals surface area contributed by atoms with Gasteiger partial charge in [0.1, 0.15) is 0 Å². The largest absolute Gasteiger partial charge is 0.478 e. The topological polar surface area (TPSA) is 75.6 Å². The van der Waals surface area contributed by atoms with Gasteiger partial charge in [-0.3, -0.25) is 4.79 Å². The van der Waals surface area contributed by atoms with Gasteiger partial charge in [-0.15, -0.1) is 0 Å². The summed E-state index contributed by atoms with van der Waals surface area (Å²) in [6.45, 7) is 4.59. The van der Waals surface area contributed by atoms with Crippen LogP contribution in [0.3, 0.4) is 0 Å². The van der Waals surface area contributed by atoms with Gasteiger partial charge in [-0.2, -0.15) is 0 Å². The van der Waals surface area contributed by atoms with Gasteiger partial charge in [0.05, 0.1) is 11.2 Å². The second kappa shape index (κ2) is 6.15. The van der Waals surface area contributed by atoms with Crippen LogP contribution in [0.4, 0.5) is 0 Å². The van der Waals surface area contributed by atoms with E-state index in [1.54, 1.807) is 6.07 Å². The number of carbonyl (C=O) groups excluding carboxylic acids is 1. The quantitative estimate of drug-likeness (QED) is 0.873. The zero-order valence-corrected chi connectivity index (χ0v) is 13.6. The lowest BCUT2D eigenvalue weighted by Crippen LogP contribution is -2.45. The minimum absolute atomic E-state index is 0.0357. The molecule has 6 heteroatoms. The second-order valence-electron chi connectivity index (χ2n) is 5.81. The third-order valence-electron chi connectivity index (χ3n) is 3.44. The van der Waals surface area contributed by atoms with Crippen LogP contribution >= 0.6 is 15.9 Å². The Balaban J connectivity index is 2.11. The van der Waals surface area contributed by atoms with Gasteiger partial charge in [0.25, 0.3) is 5.91 Å². The van der Waals surface area contributed by atoms with Crippen molar-refractivity contribution in [1.29, 1.82) is 0 Å². The third kappa shape index (κ3) is 4.28. The number of amides is 1. The zero-order valence-electron chi connectivity index (χ0n) is 12.0. The fourth-order valence-electron chi connectivity index (χ4n) is 2.47. The van der Waals surface area contributed by atoms with E-state index >= 15 is 0 Å². The van der Waals surface area contributed by atoms with Gasteiger partial charge in [-0.25, -0.2) is 4.79 Å². The van der Waals surface area contributed by atoms with E-state index in [9.17, 15) is 9.59 Å². The highest BCUT2D eigenvalue weighted by Gasteiger charge is 2.29. The summed E-state index contributed by atoms with van der Waals surface area (Å²) >= 11 is 3.23. The standard InChI is InChI=1S/C15H18BrNO4/c1-15(2)8-12(3-4-21-15)17-13(18)9-5-10(14(19)20)7-11(16)6-9/h5-7,12H,3-4,8H2,1-2H3,(H,17,18)(H,19,20). The maximum atomic E-state index is 12.3. The van der Waals surface area contributed by atoms with E-state index in [0.717, 1.165) is 12.8 Å². The number of carboxylic acids is 1. The van der Waals surface area contributed by atoms with Crippen LogP contribution in [0.1, 0.15) is 47.4 Å². The maximum absolute atomic E-state index is 12.3. The molecule has 1 unspecified atom stereocenters. The van der Waals surface area contributed by atoms with E-state index < -0.39 is 5.97 Å². The van der Waals surface area contributed by atoms with Crippen molar-refractivity contribution in [2.24, 2.45) is 0 Å². The summed E-state index contributed by atoms with van der Waals surface area (Å²) in [5.74, 6) is -1.32. The first kappa shape index (κ1) is 16.0. The highest BCUT2D eigenvalue weighted by atomic mass is 79.9. The molecule has 0 spiro atoms. The molecule has 1 aliphatic heterocycles. The molecule has 2 N–H and O–H groups in total. The van der Waals surface area contributed by atoms with E-state index in [-0.39, 0.29) is 23.1 Å². The summed E-state index contributed by atoms with van der Waals surface area (Å²) < 4.78 is 6.19. The van der Waals surface area contributed by atoms with Gasteiger partial charge < -0.3 is 15.2 Å². The molecule has 1 aromatic carbocycles. The number of hydrogen-bond donors (Lipinski definition) is 2. The molecule has 5 nitrogen and oxygen atoms in total. The average Bonchev–Trinajstić information content (AvgIpc) is 2.36. The fraction of sp³-hybridized carbons (Fsp3) is 0.467. The molecule has 0 bridgehead atoms. The number of hydrogen-bond acceptors (Lipinski definition) is 3. The summed E-state index contributed by atoms with van der Waals surface area (Å²) in [5.41, 5.74) is 0.174. The van der Waals surface area contributed by atoms with Crippen molar-refractivity contribution in [3.05, 3.63) is 33.8 Å². The summed E-state index contributed by atoms with van der Waals surface area (Å²) in [7, 11) is 0. The molecule has 114 valence electrons. The Morgan fingerprint density at radius 3 is 2.62 bits per heavy atom. The highest BCUT2D eigenvalue weighted by molar-refractivity contribution is 9.10. The Morgan fingerprint density at radius 1 is 1.33 bits per heavy atom. The molecule has 0 aliphatic carbocycles. The van der Waals surface area contributed by atoms with Gasteiger partial charge in [0, 0.05) is 22.7 Å². The molecule has 0 aromatic heterocycles. The van der Waals surface area contributed by atoms with Crippen molar-refractivity contribution < 1.29 is 19.4 Å². The van der Waals surface area contributed by atoms with Crippen LogP contribution in [-0.4, -0.2) is 35.2 Å². The molecule has 21 heavy (non-hydrogen) atoms. The predicted molar refractivity (Wildman–Crippen MR) is 81.6 cm³/mol. The number of nitrogens with one attached hydrogen (secondary N) is 1. The highest BCUT2D eigenvalue weighted by Crippen LogP contribution is 2.24. The molecule has 1 amide bonds. The van der Waals surface area contributed by atoms with Gasteiger partial charge >= 0.3 is 5.97 Å². The van der Waals surface area contributed by atoms with Crippen molar-refractivity contribution in [3.8, 4) is 0 Å². The first-order valence-corrected chi connectivity index (χ1v) is 7.55. The number of carboxylic acid groups (broad SMARTS) is 1. The maximum Gasteiger partial charge on any atom is 0.335 e. The van der Waals surface area contributed by atoms with Gasteiger partial charge in [0.15, 0.2) is 0 Å². The third-order valence-corrected chi connectivity index (χ3v) is 3.90. The zero-order chi connectivity index (χ0) is 15.6. The molecule has 1 aliphatic rings. The molecule has 1 heterocycles. The molecule has 0 radical (unpaired) electrons. The summed E-state index contributed by atoms with van der Waals surface area (Å²) in [4.78, 5) is 23.3. The minimum Gasteiger partial charge on any atom is -0.478 e. The first-order chi connectivity index (χ1) is 9.77. The van der Waals surface area contributed by atoms with E-state index in [0.29, 0.717) is 16.6 Å². The van der Waals surface area contributed by atoms with Gasteiger partial charge in [-0.05, 0) is 44.9 Å². The summed E-state index contributed by atoms with van der Waals surface area (Å²) in [5, 5.41) is 12.0. The van der Waals surface area contributed by atoms with Crippen LogP contribution in [0.15, 0.2) is 22.7 Å². The molecular formula is C15H18BrNO4. The van der Waals surface area contributed by atoms with E-state index in [4.69, 9.17) is 9.84 Å². The lowest BCUT2D eigenvalue weighted by Gasteiger charge is -2.35. The smallest absolute Gasteiger partial charge is 0.335 e. The number of rotatable bonds is 3. The summed E-state index contributed by atoms with van der Waals surface area (Å²) in [6.07, 6.45) is 1.49. The second-order valence-corrected chi connectivity index (χ2v) is 6.72. The van der Waals surface area contributed by atoms with Crippen LogP contribution in [0.2, 0.25) is 0 Å². The van der Waals surface area contributed by atoms with Crippen molar-refractivity contribution >= 4 is 27.8 Å². The SMILES string of the molecule is CC1(C)CC(NC(=O)c2cc(Br)cc(C(=O)O)c2)CCO1. The molecule has 1 fully saturated rings. The van der Waals surface area contributed by atoms with Crippen LogP contribution < -0.4 is 5.32 Å². The Bertz CT molecular complexity index is 571. The number of ether oxygens (including phenoxy) is 1. The molecule has 1 aromatic rings. The van der Waals surface area contributed by atoms with Crippen molar-refractivity contribution in [3.63, 3.8) is 0 Å². The Hall–Kier alpha value is -1.40. The molecule has 0 saturated carbocycles. The Kier molecular flexibility index (Phi) is 4.68. The van der Waals surface area contributed by atoms with Crippen LogP contribution in [0.5, 0.6) is 0 Å². The van der Waals surface area contributed by atoms with E-state index in [1.165, 1.54) is 12.1 Å². The van der Waals surface area contributed by atoms with Gasteiger partial charge in [-0.1, -0.05) is 15.9 Å². The normalized spacial score (nSPS) is 20.8. The molecule has 1 atom stereocenters. The van der Waals surface area contributed by atoms with Gasteiger partial charge in [0.2, 0.25) is 0 Å². The monoisotopic (exact) mass is 355 g/mol. The minimum atomic E-state index is -1.06. The van der Waals surface area contributed by atoms with E-state index in [2.05, 4.69) is 21.2 Å². The van der Waals surface area contributed by atoms with Crippen molar-refractivity contribution in [1.82, 2.24) is 5.32 Å². The van der Waals surface area contributed by atoms with Crippen LogP contribution in [0, 0.1) is 0 Å². The lowest BCUT2D eigenvalue weighted by atomic mass is 9.93.